The molecule has 18 heavy (non-hydrogen) atoms. The average Bonchev–Trinajstić information content (AvgIpc) is 2.70. The van der Waals surface area contributed by atoms with E-state index in [9.17, 15) is 4.79 Å². The molecule has 3 nitrogen and oxygen atoms in total. The van der Waals surface area contributed by atoms with E-state index in [-0.39, 0.29) is 5.91 Å². The Hall–Kier alpha value is -0.870. The van der Waals surface area contributed by atoms with Gasteiger partial charge in [-0.1, -0.05) is 13.8 Å². The molecule has 0 spiro atoms. The van der Waals surface area contributed by atoms with Crippen LogP contribution in [0.25, 0.3) is 0 Å². The molecule has 0 bridgehead atoms. The third kappa shape index (κ3) is 5.19. The molecule has 0 aliphatic rings. The maximum atomic E-state index is 11.8. The molecule has 0 fully saturated rings. The maximum Gasteiger partial charge on any atom is 0.220 e. The molecular weight excluding hydrogens is 244 g/mol. The number of amides is 1. The van der Waals surface area contributed by atoms with Crippen LogP contribution in [-0.2, 0) is 11.3 Å². The van der Waals surface area contributed by atoms with Crippen molar-refractivity contribution in [2.24, 2.45) is 17.6 Å². The van der Waals surface area contributed by atoms with Crippen LogP contribution in [0.3, 0.4) is 0 Å². The highest BCUT2D eigenvalue weighted by atomic mass is 32.1. The first-order valence-electron chi connectivity index (χ1n) is 6.52. The number of thiophene rings is 1. The molecule has 1 atom stereocenters. The first kappa shape index (κ1) is 15.2. The van der Waals surface area contributed by atoms with Crippen molar-refractivity contribution < 1.29 is 4.79 Å². The standard InChI is InChI=1S/C14H24N2OS/c1-10(2)6-12(8-15)7-14(17)16-9-13-11(3)4-5-18-13/h4-5,10,12H,6-9,15H2,1-3H3,(H,16,17)/t12-/m0/s1. The summed E-state index contributed by atoms with van der Waals surface area (Å²) < 4.78 is 0. The number of aryl methyl sites for hydroxylation is 1. The molecule has 4 heteroatoms. The maximum absolute atomic E-state index is 11.8. The molecule has 0 saturated carbocycles. The molecule has 0 saturated heterocycles. The Kier molecular flexibility index (Phi) is 6.36. The Balaban J connectivity index is 2.34. The monoisotopic (exact) mass is 268 g/mol. The molecule has 1 rings (SSSR count). The molecule has 1 heterocycles. The van der Waals surface area contributed by atoms with Gasteiger partial charge in [-0.05, 0) is 48.7 Å². The van der Waals surface area contributed by atoms with Crippen LogP contribution in [0.5, 0.6) is 0 Å². The van der Waals surface area contributed by atoms with Crippen LogP contribution in [0.1, 0.15) is 37.1 Å². The van der Waals surface area contributed by atoms with E-state index in [0.29, 0.717) is 31.3 Å². The lowest BCUT2D eigenvalue weighted by atomic mass is 9.94. The summed E-state index contributed by atoms with van der Waals surface area (Å²) in [6.45, 7) is 7.62. The number of rotatable bonds is 7. The SMILES string of the molecule is Cc1ccsc1CNC(=O)C[C@@H](CN)CC(C)C. The Morgan fingerprint density at radius 2 is 2.22 bits per heavy atom. The summed E-state index contributed by atoms with van der Waals surface area (Å²) in [4.78, 5) is 13.1. The van der Waals surface area contributed by atoms with Crippen LogP contribution < -0.4 is 11.1 Å². The molecule has 0 aromatic carbocycles. The second-order valence-corrected chi connectivity index (χ2v) is 6.24. The van der Waals surface area contributed by atoms with Crippen molar-refractivity contribution in [1.29, 1.82) is 0 Å². The van der Waals surface area contributed by atoms with Crippen molar-refractivity contribution in [2.75, 3.05) is 6.54 Å². The number of hydrogen-bond donors (Lipinski definition) is 2. The van der Waals surface area contributed by atoms with E-state index in [1.807, 2.05) is 0 Å². The zero-order chi connectivity index (χ0) is 13.5. The van der Waals surface area contributed by atoms with E-state index in [2.05, 4.69) is 37.5 Å². The van der Waals surface area contributed by atoms with Gasteiger partial charge in [0.2, 0.25) is 5.91 Å². The Morgan fingerprint density at radius 3 is 2.72 bits per heavy atom. The summed E-state index contributed by atoms with van der Waals surface area (Å²) in [5, 5.41) is 5.03. The van der Waals surface area contributed by atoms with Gasteiger partial charge in [-0.2, -0.15) is 0 Å². The third-order valence-corrected chi connectivity index (χ3v) is 4.05. The van der Waals surface area contributed by atoms with Gasteiger partial charge in [0.05, 0.1) is 6.54 Å². The summed E-state index contributed by atoms with van der Waals surface area (Å²) in [5.74, 6) is 0.999. The summed E-state index contributed by atoms with van der Waals surface area (Å²) in [6.07, 6.45) is 1.56. The zero-order valence-corrected chi connectivity index (χ0v) is 12.3. The second kappa shape index (κ2) is 7.54. The van der Waals surface area contributed by atoms with E-state index < -0.39 is 0 Å². The number of nitrogens with one attached hydrogen (secondary N) is 1. The fourth-order valence-corrected chi connectivity index (χ4v) is 2.87. The molecule has 1 amide bonds. The summed E-state index contributed by atoms with van der Waals surface area (Å²) in [7, 11) is 0. The van der Waals surface area contributed by atoms with Crippen LogP contribution in [0.15, 0.2) is 11.4 Å². The lowest BCUT2D eigenvalue weighted by Gasteiger charge is -2.16. The number of hydrogen-bond acceptors (Lipinski definition) is 3. The molecule has 0 unspecified atom stereocenters. The van der Waals surface area contributed by atoms with Crippen molar-refractivity contribution in [3.05, 3.63) is 21.9 Å². The molecular formula is C14H24N2OS. The smallest absolute Gasteiger partial charge is 0.220 e. The third-order valence-electron chi connectivity index (χ3n) is 3.03. The minimum Gasteiger partial charge on any atom is -0.351 e. The summed E-state index contributed by atoms with van der Waals surface area (Å²) in [6, 6.07) is 2.08. The summed E-state index contributed by atoms with van der Waals surface area (Å²) >= 11 is 1.69. The molecule has 102 valence electrons. The molecule has 0 aliphatic heterocycles. The van der Waals surface area contributed by atoms with Crippen molar-refractivity contribution in [3.63, 3.8) is 0 Å². The first-order chi connectivity index (χ1) is 8.52. The van der Waals surface area contributed by atoms with E-state index >= 15 is 0 Å². The van der Waals surface area contributed by atoms with Gasteiger partial charge in [-0.3, -0.25) is 4.79 Å². The van der Waals surface area contributed by atoms with Gasteiger partial charge in [0.25, 0.3) is 0 Å². The van der Waals surface area contributed by atoms with Crippen LogP contribution in [0, 0.1) is 18.8 Å². The Bertz CT molecular complexity index is 374. The fraction of sp³-hybridized carbons (Fsp3) is 0.643. The molecule has 0 radical (unpaired) electrons. The normalized spacial score (nSPS) is 12.7. The van der Waals surface area contributed by atoms with Crippen molar-refractivity contribution in [3.8, 4) is 0 Å². The van der Waals surface area contributed by atoms with Crippen molar-refractivity contribution >= 4 is 17.2 Å². The number of carbonyl (C=O) groups excluding carboxylic acids is 1. The van der Waals surface area contributed by atoms with Crippen LogP contribution in [0.2, 0.25) is 0 Å². The highest BCUT2D eigenvalue weighted by Gasteiger charge is 2.14. The Labute approximate surface area is 114 Å². The van der Waals surface area contributed by atoms with E-state index in [1.165, 1.54) is 10.4 Å². The minimum absolute atomic E-state index is 0.110. The van der Waals surface area contributed by atoms with Gasteiger partial charge >= 0.3 is 0 Å². The fourth-order valence-electron chi connectivity index (χ4n) is 2.03. The molecule has 0 aliphatic carbocycles. The lowest BCUT2D eigenvalue weighted by Crippen LogP contribution is -2.28. The van der Waals surface area contributed by atoms with E-state index in [0.717, 1.165) is 6.42 Å². The van der Waals surface area contributed by atoms with E-state index in [4.69, 9.17) is 5.73 Å². The lowest BCUT2D eigenvalue weighted by molar-refractivity contribution is -0.122. The van der Waals surface area contributed by atoms with E-state index in [1.54, 1.807) is 11.3 Å². The first-order valence-corrected chi connectivity index (χ1v) is 7.40. The predicted molar refractivity (Wildman–Crippen MR) is 77.5 cm³/mol. The predicted octanol–water partition coefficient (Wildman–Crippen LogP) is 2.68. The van der Waals surface area contributed by atoms with Gasteiger partial charge in [-0.25, -0.2) is 0 Å². The van der Waals surface area contributed by atoms with Gasteiger partial charge in [0, 0.05) is 11.3 Å². The average molecular weight is 268 g/mol. The van der Waals surface area contributed by atoms with Gasteiger partial charge in [0.1, 0.15) is 0 Å². The van der Waals surface area contributed by atoms with Gasteiger partial charge < -0.3 is 11.1 Å². The highest BCUT2D eigenvalue weighted by molar-refractivity contribution is 7.10. The quantitative estimate of drug-likeness (QED) is 0.799. The van der Waals surface area contributed by atoms with Crippen LogP contribution in [-0.4, -0.2) is 12.5 Å². The zero-order valence-electron chi connectivity index (χ0n) is 11.5. The topological polar surface area (TPSA) is 55.1 Å². The highest BCUT2D eigenvalue weighted by Crippen LogP contribution is 2.16. The molecule has 1 aromatic rings. The van der Waals surface area contributed by atoms with Crippen LogP contribution in [0.4, 0.5) is 0 Å². The molecule has 3 N–H and O–H groups in total. The summed E-state index contributed by atoms with van der Waals surface area (Å²) in [5.41, 5.74) is 6.95. The Morgan fingerprint density at radius 1 is 1.50 bits per heavy atom. The number of carbonyl (C=O) groups is 1. The van der Waals surface area contributed by atoms with Gasteiger partial charge in [0.15, 0.2) is 0 Å². The van der Waals surface area contributed by atoms with Gasteiger partial charge in [-0.15, -0.1) is 11.3 Å². The largest absolute Gasteiger partial charge is 0.351 e. The van der Waals surface area contributed by atoms with Crippen molar-refractivity contribution in [2.45, 2.75) is 40.2 Å². The number of nitrogens with two attached hydrogens (primary N) is 1. The van der Waals surface area contributed by atoms with Crippen LogP contribution >= 0.6 is 11.3 Å². The van der Waals surface area contributed by atoms with Crippen molar-refractivity contribution in [1.82, 2.24) is 5.32 Å². The minimum atomic E-state index is 0.110. The second-order valence-electron chi connectivity index (χ2n) is 5.24. The molecule has 1 aromatic heterocycles.